The maximum Gasteiger partial charge on any atom is 0.387 e. The maximum absolute atomic E-state index is 12.2. The second-order valence-electron chi connectivity index (χ2n) is 3.76. The highest BCUT2D eigenvalue weighted by atomic mass is 32.1. The Morgan fingerprint density at radius 1 is 1.25 bits per heavy atom. The number of halogens is 2. The minimum Gasteiger partial charge on any atom is -0.433 e. The molecule has 4 nitrogen and oxygen atoms in total. The van der Waals surface area contributed by atoms with Crippen molar-refractivity contribution in [2.24, 2.45) is 0 Å². The van der Waals surface area contributed by atoms with E-state index < -0.39 is 12.6 Å². The Labute approximate surface area is 118 Å². The van der Waals surface area contributed by atoms with Crippen LogP contribution in [0.15, 0.2) is 41.8 Å². The number of anilines is 1. The summed E-state index contributed by atoms with van der Waals surface area (Å²) in [4.78, 5) is 12.7. The first-order valence-electron chi connectivity index (χ1n) is 5.76. The molecule has 0 bridgehead atoms. The van der Waals surface area contributed by atoms with Crippen LogP contribution in [0.2, 0.25) is 0 Å². The van der Waals surface area contributed by atoms with E-state index in [-0.39, 0.29) is 11.4 Å². The molecule has 2 N–H and O–H groups in total. The Morgan fingerprint density at radius 2 is 2.05 bits per heavy atom. The number of benzene rings is 1. The molecule has 0 aliphatic heterocycles. The van der Waals surface area contributed by atoms with Gasteiger partial charge in [-0.3, -0.25) is 0 Å². The number of alkyl halides is 2. The van der Waals surface area contributed by atoms with E-state index in [9.17, 15) is 13.6 Å². The number of nitrogens with one attached hydrogen (secondary N) is 2. The van der Waals surface area contributed by atoms with Gasteiger partial charge in [-0.1, -0.05) is 18.2 Å². The molecule has 0 aliphatic rings. The first-order valence-corrected chi connectivity index (χ1v) is 6.64. The largest absolute Gasteiger partial charge is 0.433 e. The molecule has 0 unspecified atom stereocenters. The van der Waals surface area contributed by atoms with Gasteiger partial charge in [-0.15, -0.1) is 11.3 Å². The average molecular weight is 298 g/mol. The molecule has 20 heavy (non-hydrogen) atoms. The first-order chi connectivity index (χ1) is 9.65. The number of carbonyl (C=O) groups is 1. The SMILES string of the molecule is O=C(NCc1cccs1)Nc1ccccc1OC(F)F. The highest BCUT2D eigenvalue weighted by Gasteiger charge is 2.11. The van der Waals surface area contributed by atoms with Gasteiger partial charge in [0.05, 0.1) is 12.2 Å². The molecular formula is C13H12F2N2O2S. The lowest BCUT2D eigenvalue weighted by molar-refractivity contribution is -0.0493. The summed E-state index contributed by atoms with van der Waals surface area (Å²) in [6.07, 6.45) is 0. The minimum absolute atomic E-state index is 0.0752. The van der Waals surface area contributed by atoms with E-state index in [4.69, 9.17) is 0 Å². The predicted octanol–water partition coefficient (Wildman–Crippen LogP) is 3.67. The van der Waals surface area contributed by atoms with Crippen molar-refractivity contribution >= 4 is 23.1 Å². The fourth-order valence-electron chi connectivity index (χ4n) is 1.52. The molecule has 1 heterocycles. The summed E-state index contributed by atoms with van der Waals surface area (Å²) in [5.41, 5.74) is 0.191. The Kier molecular flexibility index (Phi) is 4.89. The van der Waals surface area contributed by atoms with Crippen molar-refractivity contribution in [3.05, 3.63) is 46.7 Å². The summed E-state index contributed by atoms with van der Waals surface area (Å²) < 4.78 is 28.8. The van der Waals surface area contributed by atoms with E-state index in [0.717, 1.165) is 4.88 Å². The zero-order valence-electron chi connectivity index (χ0n) is 10.3. The number of rotatable bonds is 5. The number of para-hydroxylation sites is 2. The number of hydrogen-bond donors (Lipinski definition) is 2. The van der Waals surface area contributed by atoms with Crippen LogP contribution in [-0.4, -0.2) is 12.6 Å². The van der Waals surface area contributed by atoms with Gasteiger partial charge in [0.15, 0.2) is 0 Å². The van der Waals surface area contributed by atoms with Gasteiger partial charge in [-0.05, 0) is 23.6 Å². The van der Waals surface area contributed by atoms with E-state index in [1.165, 1.54) is 23.5 Å². The molecule has 2 amide bonds. The second-order valence-corrected chi connectivity index (χ2v) is 4.79. The fraction of sp³-hybridized carbons (Fsp3) is 0.154. The molecule has 0 spiro atoms. The molecule has 0 radical (unpaired) electrons. The van der Waals surface area contributed by atoms with E-state index in [1.54, 1.807) is 12.1 Å². The molecule has 2 aromatic rings. The van der Waals surface area contributed by atoms with Crippen molar-refractivity contribution < 1.29 is 18.3 Å². The van der Waals surface area contributed by atoms with Crippen LogP contribution in [0.1, 0.15) is 4.88 Å². The zero-order valence-corrected chi connectivity index (χ0v) is 11.1. The summed E-state index contributed by atoms with van der Waals surface area (Å²) in [6.45, 7) is -2.56. The number of thiophene rings is 1. The highest BCUT2D eigenvalue weighted by Crippen LogP contribution is 2.25. The van der Waals surface area contributed by atoms with Gasteiger partial charge in [0.2, 0.25) is 0 Å². The smallest absolute Gasteiger partial charge is 0.387 e. The molecule has 0 saturated heterocycles. The molecular weight excluding hydrogens is 286 g/mol. The number of urea groups is 1. The number of amides is 2. The summed E-state index contributed by atoms with van der Waals surface area (Å²) >= 11 is 1.52. The molecule has 0 saturated carbocycles. The Bertz CT molecular complexity index is 561. The van der Waals surface area contributed by atoms with Gasteiger partial charge < -0.3 is 15.4 Å². The quantitative estimate of drug-likeness (QED) is 0.885. The van der Waals surface area contributed by atoms with Crippen LogP contribution >= 0.6 is 11.3 Å². The number of carbonyl (C=O) groups excluding carboxylic acids is 1. The van der Waals surface area contributed by atoms with Crippen molar-refractivity contribution in [2.45, 2.75) is 13.2 Å². The summed E-state index contributed by atoms with van der Waals surface area (Å²) in [6, 6.07) is 9.30. The molecule has 7 heteroatoms. The Morgan fingerprint density at radius 3 is 2.75 bits per heavy atom. The first kappa shape index (κ1) is 14.3. The third kappa shape index (κ3) is 4.20. The summed E-state index contributed by atoms with van der Waals surface area (Å²) in [5, 5.41) is 7.01. The van der Waals surface area contributed by atoms with Gasteiger partial charge in [-0.2, -0.15) is 8.78 Å². The maximum atomic E-state index is 12.2. The topological polar surface area (TPSA) is 50.4 Å². The second kappa shape index (κ2) is 6.85. The predicted molar refractivity (Wildman–Crippen MR) is 73.3 cm³/mol. The lowest BCUT2D eigenvalue weighted by atomic mass is 10.3. The van der Waals surface area contributed by atoms with Crippen LogP contribution in [0.4, 0.5) is 19.3 Å². The highest BCUT2D eigenvalue weighted by molar-refractivity contribution is 7.09. The van der Waals surface area contributed by atoms with Crippen molar-refractivity contribution in [3.63, 3.8) is 0 Å². The average Bonchev–Trinajstić information content (AvgIpc) is 2.91. The van der Waals surface area contributed by atoms with Gasteiger partial charge in [-0.25, -0.2) is 4.79 Å². The Hall–Kier alpha value is -2.15. The monoisotopic (exact) mass is 298 g/mol. The van der Waals surface area contributed by atoms with E-state index in [2.05, 4.69) is 15.4 Å². The molecule has 0 fully saturated rings. The van der Waals surface area contributed by atoms with Crippen molar-refractivity contribution in [3.8, 4) is 5.75 Å². The number of ether oxygens (including phenoxy) is 1. The Balaban J connectivity index is 1.93. The van der Waals surface area contributed by atoms with Crippen LogP contribution in [0.3, 0.4) is 0 Å². The van der Waals surface area contributed by atoms with E-state index in [0.29, 0.717) is 6.54 Å². The molecule has 0 atom stereocenters. The van der Waals surface area contributed by atoms with Crippen molar-refractivity contribution in [1.29, 1.82) is 0 Å². The standard InChI is InChI=1S/C13H12F2N2O2S/c14-12(15)19-11-6-2-1-5-10(11)17-13(18)16-8-9-4-3-7-20-9/h1-7,12H,8H2,(H2,16,17,18). The van der Waals surface area contributed by atoms with Crippen molar-refractivity contribution in [1.82, 2.24) is 5.32 Å². The molecule has 2 rings (SSSR count). The fourth-order valence-corrected chi connectivity index (χ4v) is 2.16. The van der Waals surface area contributed by atoms with Gasteiger partial charge in [0.25, 0.3) is 0 Å². The van der Waals surface area contributed by atoms with Crippen LogP contribution in [-0.2, 0) is 6.54 Å². The molecule has 1 aromatic heterocycles. The van der Waals surface area contributed by atoms with E-state index in [1.807, 2.05) is 17.5 Å². The van der Waals surface area contributed by atoms with E-state index >= 15 is 0 Å². The third-order valence-electron chi connectivity index (χ3n) is 2.35. The normalized spacial score (nSPS) is 10.3. The van der Waals surface area contributed by atoms with Gasteiger partial charge in [0.1, 0.15) is 5.75 Å². The summed E-state index contributed by atoms with van der Waals surface area (Å²) in [7, 11) is 0. The van der Waals surface area contributed by atoms with Crippen molar-refractivity contribution in [2.75, 3.05) is 5.32 Å². The van der Waals surface area contributed by atoms with Gasteiger partial charge in [0, 0.05) is 4.88 Å². The lowest BCUT2D eigenvalue weighted by Crippen LogP contribution is -2.28. The zero-order chi connectivity index (χ0) is 14.4. The van der Waals surface area contributed by atoms with Crippen LogP contribution in [0.25, 0.3) is 0 Å². The molecule has 1 aromatic carbocycles. The molecule has 0 aliphatic carbocycles. The summed E-state index contributed by atoms with van der Waals surface area (Å²) in [5.74, 6) is -0.0752. The van der Waals surface area contributed by atoms with Crippen LogP contribution < -0.4 is 15.4 Å². The molecule has 106 valence electrons. The van der Waals surface area contributed by atoms with Gasteiger partial charge >= 0.3 is 12.6 Å². The lowest BCUT2D eigenvalue weighted by Gasteiger charge is -2.12. The van der Waals surface area contributed by atoms with Crippen LogP contribution in [0.5, 0.6) is 5.75 Å². The third-order valence-corrected chi connectivity index (χ3v) is 3.23. The van der Waals surface area contributed by atoms with Crippen LogP contribution in [0, 0.1) is 0 Å². The number of hydrogen-bond acceptors (Lipinski definition) is 3. The minimum atomic E-state index is -2.94.